The Morgan fingerprint density at radius 3 is 2.64 bits per heavy atom. The normalized spacial score (nSPS) is 22.6. The maximum Gasteiger partial charge on any atom is 0.264 e. The summed E-state index contributed by atoms with van der Waals surface area (Å²) in [6.07, 6.45) is 4.00. The van der Waals surface area contributed by atoms with Crippen molar-refractivity contribution in [3.63, 3.8) is 0 Å². The van der Waals surface area contributed by atoms with Gasteiger partial charge in [0.05, 0.1) is 11.1 Å². The summed E-state index contributed by atoms with van der Waals surface area (Å²) in [5.74, 6) is -1.92. The summed E-state index contributed by atoms with van der Waals surface area (Å²) < 4.78 is 0. The number of carbonyl (C=O) groups is 5. The number of rotatable bonds is 8. The number of nitrogens with zero attached hydrogens (tertiary/aromatic N) is 2. The number of likely N-dealkylation sites (tertiary alicyclic amines) is 1. The lowest BCUT2D eigenvalue weighted by Crippen LogP contribution is -2.54. The lowest BCUT2D eigenvalue weighted by atomic mass is 10.0. The smallest absolute Gasteiger partial charge is 0.264 e. The van der Waals surface area contributed by atoms with Crippen molar-refractivity contribution >= 4 is 35.2 Å². The maximum absolute atomic E-state index is 13.1. The molecule has 4 N–H and O–H groups in total. The summed E-state index contributed by atoms with van der Waals surface area (Å²) in [4.78, 5) is 64.5. The lowest BCUT2D eigenvalue weighted by Gasteiger charge is -2.27. The Hall–Kier alpha value is -3.27. The number of nitrogens with two attached hydrogens (primary N) is 1. The molecule has 3 aliphatic heterocycles. The first-order valence-corrected chi connectivity index (χ1v) is 11.5. The van der Waals surface area contributed by atoms with E-state index < -0.39 is 29.7 Å². The average molecular weight is 456 g/mol. The molecule has 0 aromatic heterocycles. The van der Waals surface area contributed by atoms with Gasteiger partial charge in [-0.1, -0.05) is 12.5 Å². The summed E-state index contributed by atoms with van der Waals surface area (Å²) in [5.41, 5.74) is 6.90. The van der Waals surface area contributed by atoms with Gasteiger partial charge in [-0.05, 0) is 37.8 Å². The van der Waals surface area contributed by atoms with E-state index in [-0.39, 0.29) is 35.9 Å². The van der Waals surface area contributed by atoms with Crippen LogP contribution in [-0.4, -0.2) is 71.1 Å². The molecule has 0 aliphatic carbocycles. The topological polar surface area (TPSA) is 142 Å². The quantitative estimate of drug-likeness (QED) is 0.385. The second-order valence-corrected chi connectivity index (χ2v) is 8.80. The van der Waals surface area contributed by atoms with Crippen LogP contribution in [0.5, 0.6) is 0 Å². The summed E-state index contributed by atoms with van der Waals surface area (Å²) in [6, 6.07) is 4.11. The van der Waals surface area contributed by atoms with E-state index in [0.29, 0.717) is 25.2 Å². The van der Waals surface area contributed by atoms with E-state index in [4.69, 9.17) is 5.73 Å². The fraction of sp³-hybridized carbons (Fsp3) is 0.522. The molecule has 4 rings (SSSR count). The molecular weight excluding hydrogens is 426 g/mol. The standard InChI is InChI=1S/C23H29N5O5/c24-14-10-12-27(13-14)19(30)7-2-1-3-11-25-16-6-4-5-15-20(16)23(33)28(22(15)32)17-8-9-18(29)26-21(17)31/h4-6,14,17,25H,1-3,7-13,24H2,(H,26,29,31)/t14-,17?/m0/s1. The minimum atomic E-state index is -0.981. The van der Waals surface area contributed by atoms with Crippen LogP contribution < -0.4 is 16.4 Å². The van der Waals surface area contributed by atoms with Crippen molar-refractivity contribution in [2.75, 3.05) is 25.0 Å². The van der Waals surface area contributed by atoms with Gasteiger partial charge in [-0.3, -0.25) is 34.2 Å². The maximum atomic E-state index is 13.1. The Labute approximate surface area is 191 Å². The zero-order chi connectivity index (χ0) is 23.5. The summed E-state index contributed by atoms with van der Waals surface area (Å²) >= 11 is 0. The fourth-order valence-electron chi connectivity index (χ4n) is 4.64. The Morgan fingerprint density at radius 1 is 1.09 bits per heavy atom. The first kappa shape index (κ1) is 22.9. The number of unbranched alkanes of at least 4 members (excludes halogenated alkanes) is 2. The number of hydrogen-bond donors (Lipinski definition) is 3. The highest BCUT2D eigenvalue weighted by Gasteiger charge is 2.45. The van der Waals surface area contributed by atoms with Crippen LogP contribution in [0, 0.1) is 0 Å². The molecule has 5 amide bonds. The molecule has 0 saturated carbocycles. The minimum Gasteiger partial charge on any atom is -0.384 e. The van der Waals surface area contributed by atoms with Gasteiger partial charge in [-0.15, -0.1) is 0 Å². The minimum absolute atomic E-state index is 0.0853. The van der Waals surface area contributed by atoms with Gasteiger partial charge in [0.15, 0.2) is 0 Å². The van der Waals surface area contributed by atoms with Crippen molar-refractivity contribution in [2.45, 2.75) is 57.0 Å². The predicted molar refractivity (Wildman–Crippen MR) is 119 cm³/mol. The highest BCUT2D eigenvalue weighted by molar-refractivity contribution is 6.25. The van der Waals surface area contributed by atoms with E-state index >= 15 is 0 Å². The summed E-state index contributed by atoms with van der Waals surface area (Å²) in [6.45, 7) is 1.96. The zero-order valence-corrected chi connectivity index (χ0v) is 18.5. The predicted octanol–water partition coefficient (Wildman–Crippen LogP) is 0.620. The van der Waals surface area contributed by atoms with E-state index in [1.165, 1.54) is 0 Å². The number of piperidine rings is 1. The number of amides is 5. The van der Waals surface area contributed by atoms with Crippen molar-refractivity contribution in [1.29, 1.82) is 0 Å². The molecule has 1 aromatic rings. The molecule has 10 nitrogen and oxygen atoms in total. The molecule has 33 heavy (non-hydrogen) atoms. The first-order chi connectivity index (χ1) is 15.9. The molecule has 3 heterocycles. The highest BCUT2D eigenvalue weighted by Crippen LogP contribution is 2.32. The van der Waals surface area contributed by atoms with Crippen LogP contribution >= 0.6 is 0 Å². The molecule has 1 unspecified atom stereocenters. The molecule has 10 heteroatoms. The van der Waals surface area contributed by atoms with Gasteiger partial charge in [0, 0.05) is 44.2 Å². The Morgan fingerprint density at radius 2 is 1.91 bits per heavy atom. The molecule has 2 fully saturated rings. The van der Waals surface area contributed by atoms with E-state index in [1.54, 1.807) is 18.2 Å². The van der Waals surface area contributed by atoms with Gasteiger partial charge < -0.3 is 16.0 Å². The Kier molecular flexibility index (Phi) is 6.73. The molecule has 3 aliphatic rings. The first-order valence-electron chi connectivity index (χ1n) is 11.5. The number of imide groups is 2. The number of carbonyl (C=O) groups excluding carboxylic acids is 5. The second kappa shape index (κ2) is 9.70. The van der Waals surface area contributed by atoms with E-state index in [9.17, 15) is 24.0 Å². The van der Waals surface area contributed by atoms with Gasteiger partial charge in [0.25, 0.3) is 11.8 Å². The molecular formula is C23H29N5O5. The van der Waals surface area contributed by atoms with Gasteiger partial charge in [0.1, 0.15) is 6.04 Å². The summed E-state index contributed by atoms with van der Waals surface area (Å²) in [7, 11) is 0. The van der Waals surface area contributed by atoms with E-state index in [1.807, 2.05) is 4.90 Å². The van der Waals surface area contributed by atoms with Crippen molar-refractivity contribution in [3.05, 3.63) is 29.3 Å². The Balaban J connectivity index is 1.29. The van der Waals surface area contributed by atoms with Crippen LogP contribution in [0.4, 0.5) is 5.69 Å². The van der Waals surface area contributed by atoms with Gasteiger partial charge in [-0.25, -0.2) is 0 Å². The van der Waals surface area contributed by atoms with Crippen LogP contribution in [0.1, 0.15) is 65.7 Å². The van der Waals surface area contributed by atoms with Crippen molar-refractivity contribution < 1.29 is 24.0 Å². The third-order valence-corrected chi connectivity index (χ3v) is 6.43. The molecule has 0 bridgehead atoms. The van der Waals surface area contributed by atoms with Crippen molar-refractivity contribution in [1.82, 2.24) is 15.1 Å². The molecule has 1 aromatic carbocycles. The fourth-order valence-corrected chi connectivity index (χ4v) is 4.64. The molecule has 2 atom stereocenters. The average Bonchev–Trinajstić information content (AvgIpc) is 3.33. The molecule has 0 spiro atoms. The van der Waals surface area contributed by atoms with Crippen LogP contribution in [0.15, 0.2) is 18.2 Å². The second-order valence-electron chi connectivity index (χ2n) is 8.80. The number of benzene rings is 1. The number of hydrogen-bond acceptors (Lipinski definition) is 7. The largest absolute Gasteiger partial charge is 0.384 e. The molecule has 176 valence electrons. The van der Waals surface area contributed by atoms with E-state index in [0.717, 1.165) is 37.1 Å². The zero-order valence-electron chi connectivity index (χ0n) is 18.5. The van der Waals surface area contributed by atoms with Crippen LogP contribution in [0.3, 0.4) is 0 Å². The summed E-state index contributed by atoms with van der Waals surface area (Å²) in [5, 5.41) is 5.42. The van der Waals surface area contributed by atoms with Crippen LogP contribution in [-0.2, 0) is 14.4 Å². The molecule has 2 saturated heterocycles. The van der Waals surface area contributed by atoms with Crippen molar-refractivity contribution in [3.8, 4) is 0 Å². The highest BCUT2D eigenvalue weighted by atomic mass is 16.2. The van der Waals surface area contributed by atoms with Gasteiger partial charge in [0.2, 0.25) is 17.7 Å². The number of nitrogens with one attached hydrogen (secondary N) is 2. The van der Waals surface area contributed by atoms with Crippen LogP contribution in [0.2, 0.25) is 0 Å². The number of fused-ring (bicyclic) bond motifs is 1. The van der Waals surface area contributed by atoms with Gasteiger partial charge >= 0.3 is 0 Å². The monoisotopic (exact) mass is 455 g/mol. The third kappa shape index (κ3) is 4.75. The third-order valence-electron chi connectivity index (χ3n) is 6.43. The van der Waals surface area contributed by atoms with E-state index in [2.05, 4.69) is 10.6 Å². The van der Waals surface area contributed by atoms with Crippen LogP contribution in [0.25, 0.3) is 0 Å². The number of anilines is 1. The SMILES string of the molecule is N[C@H]1CCN(C(=O)CCCCCNc2cccc3c2C(=O)N(C2CCC(=O)NC2=O)C3=O)C1. The Bertz CT molecular complexity index is 993. The lowest BCUT2D eigenvalue weighted by molar-refractivity contribution is -0.136. The van der Waals surface area contributed by atoms with Gasteiger partial charge in [-0.2, -0.15) is 0 Å². The van der Waals surface area contributed by atoms with Crippen molar-refractivity contribution in [2.24, 2.45) is 5.73 Å². The molecule has 0 radical (unpaired) electrons.